The average molecular weight is 452 g/mol. The molecule has 1 aliphatic heterocycles. The number of hydrogen-bond donors (Lipinski definition) is 1. The van der Waals surface area contributed by atoms with E-state index in [2.05, 4.69) is 0 Å². The summed E-state index contributed by atoms with van der Waals surface area (Å²) in [6.07, 6.45) is 3.88. The van der Waals surface area contributed by atoms with Gasteiger partial charge in [0.1, 0.15) is 5.75 Å². The number of benzene rings is 1. The van der Waals surface area contributed by atoms with E-state index in [0.717, 1.165) is 5.57 Å². The van der Waals surface area contributed by atoms with Gasteiger partial charge in [-0.15, -0.1) is 0 Å². The van der Waals surface area contributed by atoms with Crippen LogP contribution in [0, 0.1) is 17.8 Å². The van der Waals surface area contributed by atoms with Crippen LogP contribution in [0.5, 0.6) is 5.75 Å². The number of rotatable bonds is 2. The van der Waals surface area contributed by atoms with E-state index >= 15 is 0 Å². The number of likely N-dealkylation sites (tertiary alicyclic amines) is 1. The van der Waals surface area contributed by atoms with Crippen LogP contribution in [-0.4, -0.2) is 39.9 Å². The Kier molecular flexibility index (Phi) is 4.75. The number of halogens is 1. The highest BCUT2D eigenvalue weighted by Gasteiger charge is 2.56. The molecular weight excluding hydrogens is 430 g/mol. The van der Waals surface area contributed by atoms with Gasteiger partial charge in [-0.25, -0.2) is 0 Å². The van der Waals surface area contributed by atoms with Gasteiger partial charge in [0.2, 0.25) is 11.8 Å². The van der Waals surface area contributed by atoms with E-state index in [1.165, 1.54) is 17.0 Å². The van der Waals surface area contributed by atoms with Crippen molar-refractivity contribution in [3.05, 3.63) is 63.2 Å². The molecule has 164 valence electrons. The van der Waals surface area contributed by atoms with E-state index < -0.39 is 23.7 Å². The summed E-state index contributed by atoms with van der Waals surface area (Å²) < 4.78 is 0. The lowest BCUT2D eigenvalue weighted by Gasteiger charge is -2.42. The number of carbonyl (C=O) groups excluding carboxylic acids is 4. The molecule has 5 rings (SSSR count). The van der Waals surface area contributed by atoms with E-state index in [1.807, 2.05) is 6.08 Å². The Bertz CT molecular complexity index is 1210. The molecule has 1 aromatic carbocycles. The summed E-state index contributed by atoms with van der Waals surface area (Å²) in [7, 11) is 0. The van der Waals surface area contributed by atoms with Crippen molar-refractivity contribution in [2.75, 3.05) is 6.54 Å². The Hall–Kier alpha value is -2.99. The molecule has 7 heteroatoms. The van der Waals surface area contributed by atoms with Crippen molar-refractivity contribution >= 4 is 35.0 Å². The third-order valence-corrected chi connectivity index (χ3v) is 7.51. The van der Waals surface area contributed by atoms with Gasteiger partial charge in [0.25, 0.3) is 0 Å². The molecule has 0 saturated carbocycles. The van der Waals surface area contributed by atoms with Crippen LogP contribution in [0.1, 0.15) is 38.2 Å². The normalized spacial score (nSPS) is 29.5. The van der Waals surface area contributed by atoms with Crippen molar-refractivity contribution in [2.24, 2.45) is 17.8 Å². The van der Waals surface area contributed by atoms with Crippen LogP contribution in [0.3, 0.4) is 0 Å². The first-order chi connectivity index (χ1) is 15.2. The molecule has 0 bridgehead atoms. The molecule has 6 nitrogen and oxygen atoms in total. The number of phenols is 1. The fourth-order valence-corrected chi connectivity index (χ4v) is 6.05. The van der Waals surface area contributed by atoms with Gasteiger partial charge in [0.15, 0.2) is 11.6 Å². The largest absolute Gasteiger partial charge is 0.508 e. The van der Waals surface area contributed by atoms with Crippen molar-refractivity contribution in [1.29, 1.82) is 0 Å². The van der Waals surface area contributed by atoms with Crippen molar-refractivity contribution in [1.82, 2.24) is 4.90 Å². The third kappa shape index (κ3) is 2.78. The highest BCUT2D eigenvalue weighted by molar-refractivity contribution is 6.30. The van der Waals surface area contributed by atoms with Crippen LogP contribution >= 0.6 is 11.6 Å². The lowest BCUT2D eigenvalue weighted by Crippen LogP contribution is -2.39. The molecule has 3 aliphatic carbocycles. The van der Waals surface area contributed by atoms with Crippen LogP contribution in [0.2, 0.25) is 5.02 Å². The zero-order valence-electron chi connectivity index (χ0n) is 17.7. The minimum atomic E-state index is -0.692. The van der Waals surface area contributed by atoms with Crippen LogP contribution in [0.25, 0.3) is 0 Å². The minimum Gasteiger partial charge on any atom is -0.508 e. The SMILES string of the molecule is CCN1C(=O)C2CC=C3C(c4cc(Cl)ccc4O)C4=C(CC3C2C1=O)C(=O)C(C)=CC4=O. The van der Waals surface area contributed by atoms with Gasteiger partial charge >= 0.3 is 0 Å². The average Bonchev–Trinajstić information content (AvgIpc) is 3.02. The molecule has 0 spiro atoms. The van der Waals surface area contributed by atoms with E-state index in [4.69, 9.17) is 11.6 Å². The maximum Gasteiger partial charge on any atom is 0.233 e. The summed E-state index contributed by atoms with van der Waals surface area (Å²) in [5.41, 5.74) is 2.29. The summed E-state index contributed by atoms with van der Waals surface area (Å²) in [6, 6.07) is 4.62. The fraction of sp³-hybridized carbons (Fsp3) is 0.360. The number of carbonyl (C=O) groups is 4. The molecule has 1 N–H and O–H groups in total. The number of nitrogens with zero attached hydrogens (tertiary/aromatic N) is 1. The number of Topliss-reactive ketones (excluding diaryl/α,β-unsaturated/α-hetero) is 1. The number of amides is 2. The van der Waals surface area contributed by atoms with E-state index in [-0.39, 0.29) is 35.6 Å². The van der Waals surface area contributed by atoms with Gasteiger partial charge in [0.05, 0.1) is 11.8 Å². The Morgan fingerprint density at radius 2 is 1.88 bits per heavy atom. The van der Waals surface area contributed by atoms with Crippen molar-refractivity contribution in [3.8, 4) is 5.75 Å². The van der Waals surface area contributed by atoms with Crippen molar-refractivity contribution in [2.45, 2.75) is 32.6 Å². The van der Waals surface area contributed by atoms with Gasteiger partial charge in [-0.2, -0.15) is 0 Å². The number of phenolic OH excluding ortho intramolecular Hbond substituents is 1. The minimum absolute atomic E-state index is 0.0366. The molecule has 1 heterocycles. The second-order valence-corrected chi connectivity index (χ2v) is 9.29. The summed E-state index contributed by atoms with van der Waals surface area (Å²) in [5.74, 6) is -3.06. The molecule has 0 aromatic heterocycles. The third-order valence-electron chi connectivity index (χ3n) is 7.27. The number of aromatic hydroxyl groups is 1. The van der Waals surface area contributed by atoms with Gasteiger partial charge in [-0.1, -0.05) is 23.3 Å². The number of imide groups is 1. The summed E-state index contributed by atoms with van der Waals surface area (Å²) in [4.78, 5) is 53.6. The lowest BCUT2D eigenvalue weighted by atomic mass is 9.59. The van der Waals surface area contributed by atoms with Gasteiger partial charge in [-0.3, -0.25) is 24.1 Å². The number of fused-ring (bicyclic) bond motifs is 3. The Morgan fingerprint density at radius 1 is 1.12 bits per heavy atom. The second kappa shape index (κ2) is 7.27. The maximum absolute atomic E-state index is 13.2. The summed E-state index contributed by atoms with van der Waals surface area (Å²) in [5, 5.41) is 11.1. The molecular formula is C25H22ClNO5. The molecule has 32 heavy (non-hydrogen) atoms. The molecule has 0 radical (unpaired) electrons. The first kappa shape index (κ1) is 20.9. The molecule has 4 aliphatic rings. The lowest BCUT2D eigenvalue weighted by molar-refractivity contribution is -0.139. The smallest absolute Gasteiger partial charge is 0.233 e. The van der Waals surface area contributed by atoms with Gasteiger partial charge in [-0.05, 0) is 56.9 Å². The standard InChI is InChI=1S/C25H22ClNO5/c1-3-27-24(31)14-6-5-13-15(21(14)25(27)32)10-17-22(19(29)8-11(2)23(17)30)20(13)16-9-12(26)4-7-18(16)28/h4-5,7-9,14-15,20-21,28H,3,6,10H2,1-2H3. The number of allylic oxidation sites excluding steroid dienone is 6. The fourth-order valence-electron chi connectivity index (χ4n) is 5.87. The highest BCUT2D eigenvalue weighted by Crippen LogP contribution is 2.56. The second-order valence-electron chi connectivity index (χ2n) is 8.85. The predicted molar refractivity (Wildman–Crippen MR) is 117 cm³/mol. The van der Waals surface area contributed by atoms with E-state index in [1.54, 1.807) is 26.0 Å². The van der Waals surface area contributed by atoms with E-state index in [0.29, 0.717) is 40.3 Å². The number of ketones is 2. The molecule has 1 saturated heterocycles. The first-order valence-corrected chi connectivity index (χ1v) is 11.2. The molecule has 4 atom stereocenters. The zero-order valence-corrected chi connectivity index (χ0v) is 18.5. The molecule has 2 amide bonds. The van der Waals surface area contributed by atoms with E-state index in [9.17, 15) is 24.3 Å². The van der Waals surface area contributed by atoms with Gasteiger partial charge in [0, 0.05) is 39.8 Å². The quantitative estimate of drug-likeness (QED) is 0.422. The highest BCUT2D eigenvalue weighted by atomic mass is 35.5. The monoisotopic (exact) mass is 451 g/mol. The summed E-state index contributed by atoms with van der Waals surface area (Å²) in [6.45, 7) is 3.68. The van der Waals surface area contributed by atoms with Gasteiger partial charge < -0.3 is 5.11 Å². The van der Waals surface area contributed by atoms with Crippen LogP contribution in [0.15, 0.2) is 52.6 Å². The Labute approximate surface area is 190 Å². The van der Waals surface area contributed by atoms with Crippen molar-refractivity contribution < 1.29 is 24.3 Å². The van der Waals surface area contributed by atoms with Crippen molar-refractivity contribution in [3.63, 3.8) is 0 Å². The predicted octanol–water partition coefficient (Wildman–Crippen LogP) is 3.50. The first-order valence-electron chi connectivity index (χ1n) is 10.8. The molecule has 4 unspecified atom stereocenters. The number of hydrogen-bond acceptors (Lipinski definition) is 5. The Balaban J connectivity index is 1.73. The molecule has 1 fully saturated rings. The maximum atomic E-state index is 13.2. The topological polar surface area (TPSA) is 91.8 Å². The van der Waals surface area contributed by atoms with Crippen LogP contribution in [-0.2, 0) is 19.2 Å². The zero-order chi connectivity index (χ0) is 22.9. The van der Waals surface area contributed by atoms with Crippen LogP contribution < -0.4 is 0 Å². The van der Waals surface area contributed by atoms with Crippen LogP contribution in [0.4, 0.5) is 0 Å². The Morgan fingerprint density at radius 3 is 2.59 bits per heavy atom. The summed E-state index contributed by atoms with van der Waals surface area (Å²) >= 11 is 6.23. The molecule has 1 aromatic rings.